The Balaban J connectivity index is 0.00000242. The fourth-order valence-corrected chi connectivity index (χ4v) is 3.01. The number of rotatable bonds is 7. The van der Waals surface area contributed by atoms with Crippen molar-refractivity contribution in [2.75, 3.05) is 33.4 Å². The van der Waals surface area contributed by atoms with E-state index >= 15 is 0 Å². The van der Waals surface area contributed by atoms with Gasteiger partial charge in [0.05, 0.1) is 12.7 Å². The Morgan fingerprint density at radius 2 is 2.00 bits per heavy atom. The van der Waals surface area contributed by atoms with Gasteiger partial charge < -0.3 is 20.1 Å². The summed E-state index contributed by atoms with van der Waals surface area (Å²) in [5.41, 5.74) is 0. The maximum absolute atomic E-state index is 5.66. The molecule has 1 aliphatic carbocycles. The SMILES string of the molecule is CN=C(NCCCOCC1CCCO1)NC1CCCCC1.I. The van der Waals surface area contributed by atoms with Gasteiger partial charge in [-0.25, -0.2) is 0 Å². The average molecular weight is 425 g/mol. The highest BCUT2D eigenvalue weighted by Gasteiger charge is 2.15. The molecule has 2 fully saturated rings. The monoisotopic (exact) mass is 425 g/mol. The van der Waals surface area contributed by atoms with Crippen LogP contribution in [0.15, 0.2) is 4.99 Å². The molecular weight excluding hydrogens is 393 g/mol. The van der Waals surface area contributed by atoms with E-state index in [0.29, 0.717) is 12.1 Å². The number of hydrogen-bond acceptors (Lipinski definition) is 3. The van der Waals surface area contributed by atoms with Crippen LogP contribution < -0.4 is 10.6 Å². The Bertz CT molecular complexity index is 304. The lowest BCUT2D eigenvalue weighted by Gasteiger charge is -2.24. The zero-order valence-electron chi connectivity index (χ0n) is 13.8. The molecule has 1 unspecified atom stereocenters. The summed E-state index contributed by atoms with van der Waals surface area (Å²) < 4.78 is 11.2. The predicted molar refractivity (Wildman–Crippen MR) is 101 cm³/mol. The second-order valence-corrected chi connectivity index (χ2v) is 6.04. The van der Waals surface area contributed by atoms with E-state index in [0.717, 1.165) is 45.2 Å². The minimum Gasteiger partial charge on any atom is -0.379 e. The van der Waals surface area contributed by atoms with Gasteiger partial charge in [-0.3, -0.25) is 4.99 Å². The van der Waals surface area contributed by atoms with Gasteiger partial charge in [0.2, 0.25) is 0 Å². The largest absolute Gasteiger partial charge is 0.379 e. The van der Waals surface area contributed by atoms with Crippen LogP contribution in [0.1, 0.15) is 51.4 Å². The van der Waals surface area contributed by atoms with Gasteiger partial charge in [-0.05, 0) is 32.1 Å². The third-order valence-corrected chi connectivity index (χ3v) is 4.26. The summed E-state index contributed by atoms with van der Waals surface area (Å²) in [4.78, 5) is 4.30. The molecule has 0 aromatic carbocycles. The van der Waals surface area contributed by atoms with E-state index in [2.05, 4.69) is 15.6 Å². The Hall–Kier alpha value is -0.0800. The molecule has 0 amide bonds. The third kappa shape index (κ3) is 7.97. The number of nitrogens with one attached hydrogen (secondary N) is 2. The van der Waals surface area contributed by atoms with Crippen molar-refractivity contribution < 1.29 is 9.47 Å². The van der Waals surface area contributed by atoms with Crippen molar-refractivity contribution in [1.82, 2.24) is 10.6 Å². The Labute approximate surface area is 152 Å². The first-order valence-electron chi connectivity index (χ1n) is 8.55. The molecule has 1 saturated heterocycles. The topological polar surface area (TPSA) is 54.9 Å². The highest BCUT2D eigenvalue weighted by Crippen LogP contribution is 2.17. The summed E-state index contributed by atoms with van der Waals surface area (Å²) >= 11 is 0. The van der Waals surface area contributed by atoms with Crippen molar-refractivity contribution in [2.24, 2.45) is 4.99 Å². The Morgan fingerprint density at radius 3 is 2.68 bits per heavy atom. The van der Waals surface area contributed by atoms with Crippen molar-refractivity contribution in [1.29, 1.82) is 0 Å². The summed E-state index contributed by atoms with van der Waals surface area (Å²) in [6.45, 7) is 3.33. The maximum Gasteiger partial charge on any atom is 0.191 e. The molecule has 1 saturated carbocycles. The van der Waals surface area contributed by atoms with E-state index in [4.69, 9.17) is 9.47 Å². The molecule has 2 aliphatic rings. The molecule has 0 aromatic rings. The molecule has 0 spiro atoms. The van der Waals surface area contributed by atoms with Crippen molar-refractivity contribution >= 4 is 29.9 Å². The number of halogens is 1. The molecule has 1 atom stereocenters. The van der Waals surface area contributed by atoms with Gasteiger partial charge in [0.15, 0.2) is 5.96 Å². The lowest BCUT2D eigenvalue weighted by Crippen LogP contribution is -2.44. The van der Waals surface area contributed by atoms with Crippen LogP contribution >= 0.6 is 24.0 Å². The molecule has 1 aliphatic heterocycles. The third-order valence-electron chi connectivity index (χ3n) is 4.26. The standard InChI is InChI=1S/C16H31N3O2.HI/c1-17-16(19-14-7-3-2-4-8-14)18-10-6-11-20-13-15-9-5-12-21-15;/h14-15H,2-13H2,1H3,(H2,17,18,19);1H. The lowest BCUT2D eigenvalue weighted by molar-refractivity contribution is 0.0168. The van der Waals surface area contributed by atoms with E-state index in [1.54, 1.807) is 0 Å². The van der Waals surface area contributed by atoms with Crippen molar-refractivity contribution in [3.8, 4) is 0 Å². The molecular formula is C16H32IN3O2. The van der Waals surface area contributed by atoms with E-state index in [1.807, 2.05) is 7.05 Å². The van der Waals surface area contributed by atoms with Crippen LogP contribution in [0.3, 0.4) is 0 Å². The zero-order valence-corrected chi connectivity index (χ0v) is 16.1. The molecule has 5 nitrogen and oxygen atoms in total. The predicted octanol–water partition coefficient (Wildman–Crippen LogP) is 2.69. The fourth-order valence-electron chi connectivity index (χ4n) is 3.01. The number of hydrogen-bond donors (Lipinski definition) is 2. The molecule has 6 heteroatoms. The van der Waals surface area contributed by atoms with Gasteiger partial charge in [-0.1, -0.05) is 19.3 Å². The van der Waals surface area contributed by atoms with Gasteiger partial charge in [-0.15, -0.1) is 24.0 Å². The van der Waals surface area contributed by atoms with Crippen molar-refractivity contribution in [3.63, 3.8) is 0 Å². The van der Waals surface area contributed by atoms with E-state index in [1.165, 1.54) is 38.5 Å². The Morgan fingerprint density at radius 1 is 1.18 bits per heavy atom. The molecule has 0 aromatic heterocycles. The normalized spacial score (nSPS) is 23.1. The molecule has 0 bridgehead atoms. The van der Waals surface area contributed by atoms with Gasteiger partial charge >= 0.3 is 0 Å². The van der Waals surface area contributed by atoms with Crippen LogP contribution in [-0.2, 0) is 9.47 Å². The summed E-state index contributed by atoms with van der Waals surface area (Å²) in [5.74, 6) is 0.932. The number of ether oxygens (including phenoxy) is 2. The first-order valence-corrected chi connectivity index (χ1v) is 8.55. The molecule has 2 N–H and O–H groups in total. The van der Waals surface area contributed by atoms with Gasteiger partial charge in [0, 0.05) is 32.8 Å². The summed E-state index contributed by atoms with van der Waals surface area (Å²) in [6.07, 6.45) is 10.3. The number of aliphatic imine (C=N–C) groups is 1. The van der Waals surface area contributed by atoms with Crippen LogP contribution in [0.2, 0.25) is 0 Å². The van der Waals surface area contributed by atoms with E-state index in [-0.39, 0.29) is 24.0 Å². The van der Waals surface area contributed by atoms with Crippen LogP contribution in [0, 0.1) is 0 Å². The number of guanidine groups is 1. The van der Waals surface area contributed by atoms with Crippen molar-refractivity contribution in [2.45, 2.75) is 63.5 Å². The number of nitrogens with zero attached hydrogens (tertiary/aromatic N) is 1. The highest BCUT2D eigenvalue weighted by atomic mass is 127. The van der Waals surface area contributed by atoms with Gasteiger partial charge in [-0.2, -0.15) is 0 Å². The molecule has 0 radical (unpaired) electrons. The van der Waals surface area contributed by atoms with Gasteiger partial charge in [0.1, 0.15) is 0 Å². The van der Waals surface area contributed by atoms with E-state index < -0.39 is 0 Å². The van der Waals surface area contributed by atoms with Crippen LogP contribution in [-0.4, -0.2) is 51.5 Å². The van der Waals surface area contributed by atoms with Crippen LogP contribution in [0.25, 0.3) is 0 Å². The van der Waals surface area contributed by atoms with Crippen LogP contribution in [0.5, 0.6) is 0 Å². The first-order chi connectivity index (χ1) is 10.4. The second kappa shape index (κ2) is 12.4. The summed E-state index contributed by atoms with van der Waals surface area (Å²) in [6, 6.07) is 0.598. The first kappa shape index (κ1) is 20.0. The minimum absolute atomic E-state index is 0. The summed E-state index contributed by atoms with van der Waals surface area (Å²) in [5, 5.41) is 6.89. The average Bonchev–Trinajstić information content (AvgIpc) is 3.04. The minimum atomic E-state index is 0. The lowest BCUT2D eigenvalue weighted by atomic mass is 9.96. The molecule has 22 heavy (non-hydrogen) atoms. The van der Waals surface area contributed by atoms with Gasteiger partial charge in [0.25, 0.3) is 0 Å². The Kier molecular flexibility index (Phi) is 11.2. The molecule has 1 heterocycles. The molecule has 2 rings (SSSR count). The molecule has 130 valence electrons. The highest BCUT2D eigenvalue weighted by molar-refractivity contribution is 14.0. The van der Waals surface area contributed by atoms with Crippen molar-refractivity contribution in [3.05, 3.63) is 0 Å². The van der Waals surface area contributed by atoms with Crippen LogP contribution in [0.4, 0.5) is 0 Å². The smallest absolute Gasteiger partial charge is 0.191 e. The zero-order chi connectivity index (χ0) is 14.8. The second-order valence-electron chi connectivity index (χ2n) is 6.04. The quantitative estimate of drug-likeness (QED) is 0.285. The maximum atomic E-state index is 5.66. The fraction of sp³-hybridized carbons (Fsp3) is 0.938. The van der Waals surface area contributed by atoms with E-state index in [9.17, 15) is 0 Å². The summed E-state index contributed by atoms with van der Waals surface area (Å²) in [7, 11) is 1.84.